The summed E-state index contributed by atoms with van der Waals surface area (Å²) in [4.78, 5) is 22.7. The van der Waals surface area contributed by atoms with E-state index in [1.165, 1.54) is 9.13 Å². The molecule has 1 heterocycles. The van der Waals surface area contributed by atoms with E-state index in [2.05, 4.69) is 0 Å². The van der Waals surface area contributed by atoms with Crippen molar-refractivity contribution in [1.29, 1.82) is 0 Å². The van der Waals surface area contributed by atoms with E-state index < -0.39 is 5.91 Å². The number of nitrogens with two attached hydrogens (primary N) is 1. The van der Waals surface area contributed by atoms with Crippen LogP contribution in [0.1, 0.15) is 0 Å². The minimum absolute atomic E-state index is 0.142. The van der Waals surface area contributed by atoms with Crippen molar-refractivity contribution in [3.05, 3.63) is 33.7 Å². The number of aryl methyl sites for hydroxylation is 1. The number of imidazole rings is 1. The van der Waals surface area contributed by atoms with Crippen molar-refractivity contribution in [1.82, 2.24) is 9.13 Å². The highest BCUT2D eigenvalue weighted by Crippen LogP contribution is 2.17. The molecule has 0 aliphatic heterocycles. The van der Waals surface area contributed by atoms with Gasteiger partial charge in [0.15, 0.2) is 0 Å². The standard InChI is InChI=1S/C10H10ClN3O2/c1-13-7-3-2-6(11)4-8(7)14(10(13)16)5-9(12)15/h2-4H,5H2,1H3,(H2,12,15). The summed E-state index contributed by atoms with van der Waals surface area (Å²) in [6, 6.07) is 5.07. The molecule has 1 amide bonds. The number of halogens is 1. The normalized spacial score (nSPS) is 10.9. The Morgan fingerprint density at radius 3 is 2.75 bits per heavy atom. The quantitative estimate of drug-likeness (QED) is 0.828. The Bertz CT molecular complexity index is 627. The summed E-state index contributed by atoms with van der Waals surface area (Å²) in [5.74, 6) is -0.561. The third-order valence-corrected chi connectivity index (χ3v) is 2.66. The van der Waals surface area contributed by atoms with E-state index in [9.17, 15) is 9.59 Å². The van der Waals surface area contributed by atoms with Crippen LogP contribution in [0.25, 0.3) is 11.0 Å². The molecule has 0 aliphatic rings. The number of nitrogens with zero attached hydrogens (tertiary/aromatic N) is 2. The summed E-state index contributed by atoms with van der Waals surface area (Å²) in [5.41, 5.74) is 6.14. The van der Waals surface area contributed by atoms with Gasteiger partial charge in [0.1, 0.15) is 6.54 Å². The zero-order valence-corrected chi connectivity index (χ0v) is 9.36. The van der Waals surface area contributed by atoms with E-state index in [-0.39, 0.29) is 12.2 Å². The molecule has 6 heteroatoms. The first-order valence-electron chi connectivity index (χ1n) is 4.64. The summed E-state index contributed by atoms with van der Waals surface area (Å²) < 4.78 is 2.76. The summed E-state index contributed by atoms with van der Waals surface area (Å²) in [6.45, 7) is -0.142. The highest BCUT2D eigenvalue weighted by molar-refractivity contribution is 6.31. The molecule has 16 heavy (non-hydrogen) atoms. The second-order valence-electron chi connectivity index (χ2n) is 3.53. The lowest BCUT2D eigenvalue weighted by Gasteiger charge is -1.99. The number of hydrogen-bond acceptors (Lipinski definition) is 2. The van der Waals surface area contributed by atoms with Crippen molar-refractivity contribution in [2.75, 3.05) is 0 Å². The van der Waals surface area contributed by atoms with Gasteiger partial charge in [-0.3, -0.25) is 13.9 Å². The average molecular weight is 240 g/mol. The fourth-order valence-corrected chi connectivity index (χ4v) is 1.86. The molecule has 0 aliphatic carbocycles. The van der Waals surface area contributed by atoms with Crippen molar-refractivity contribution in [3.8, 4) is 0 Å². The van der Waals surface area contributed by atoms with Gasteiger partial charge in [-0.1, -0.05) is 11.6 Å². The van der Waals surface area contributed by atoms with Crippen molar-refractivity contribution < 1.29 is 4.79 Å². The number of rotatable bonds is 2. The molecule has 2 rings (SSSR count). The molecule has 2 N–H and O–H groups in total. The summed E-state index contributed by atoms with van der Waals surface area (Å²) >= 11 is 5.85. The lowest BCUT2D eigenvalue weighted by Crippen LogP contribution is -2.28. The molecule has 1 aromatic heterocycles. The molecule has 2 aromatic rings. The molecule has 0 unspecified atom stereocenters. The number of carbonyl (C=O) groups excluding carboxylic acids is 1. The largest absolute Gasteiger partial charge is 0.368 e. The van der Waals surface area contributed by atoms with Crippen LogP contribution in [0.2, 0.25) is 5.02 Å². The maximum absolute atomic E-state index is 11.8. The zero-order valence-electron chi connectivity index (χ0n) is 8.61. The van der Waals surface area contributed by atoms with Crippen molar-refractivity contribution in [2.45, 2.75) is 6.54 Å². The van der Waals surface area contributed by atoms with Gasteiger partial charge < -0.3 is 5.73 Å². The Labute approximate surface area is 96.0 Å². The molecule has 1 aromatic carbocycles. The lowest BCUT2D eigenvalue weighted by atomic mass is 10.3. The third-order valence-electron chi connectivity index (χ3n) is 2.42. The topological polar surface area (TPSA) is 70.0 Å². The predicted molar refractivity (Wildman–Crippen MR) is 61.4 cm³/mol. The van der Waals surface area contributed by atoms with Gasteiger partial charge in [-0.15, -0.1) is 0 Å². The van der Waals surface area contributed by atoms with E-state index in [0.29, 0.717) is 10.5 Å². The van der Waals surface area contributed by atoms with Crippen LogP contribution in [-0.4, -0.2) is 15.0 Å². The molecule has 0 saturated carbocycles. The molecule has 0 spiro atoms. The molecule has 0 fully saturated rings. The van der Waals surface area contributed by atoms with Crippen LogP contribution in [0.15, 0.2) is 23.0 Å². The van der Waals surface area contributed by atoms with Crippen molar-refractivity contribution in [3.63, 3.8) is 0 Å². The Kier molecular flexibility index (Phi) is 2.47. The number of primary amides is 1. The van der Waals surface area contributed by atoms with E-state index >= 15 is 0 Å². The molecular weight excluding hydrogens is 230 g/mol. The molecule has 0 atom stereocenters. The first-order chi connectivity index (χ1) is 7.50. The van der Waals surface area contributed by atoms with Gasteiger partial charge in [-0.25, -0.2) is 4.79 Å². The van der Waals surface area contributed by atoms with E-state index in [0.717, 1.165) is 5.52 Å². The second-order valence-corrected chi connectivity index (χ2v) is 3.96. The van der Waals surface area contributed by atoms with Gasteiger partial charge in [-0.05, 0) is 18.2 Å². The average Bonchev–Trinajstić information content (AvgIpc) is 2.43. The number of carbonyl (C=O) groups is 1. The van der Waals surface area contributed by atoms with Crippen molar-refractivity contribution >= 4 is 28.5 Å². The SMILES string of the molecule is Cn1c(=O)n(CC(N)=O)c2cc(Cl)ccc21. The zero-order chi connectivity index (χ0) is 11.9. The first kappa shape index (κ1) is 10.8. The van der Waals surface area contributed by atoms with Gasteiger partial charge in [0.25, 0.3) is 0 Å². The van der Waals surface area contributed by atoms with Crippen LogP contribution in [0.4, 0.5) is 0 Å². The highest BCUT2D eigenvalue weighted by atomic mass is 35.5. The molecule has 0 saturated heterocycles. The summed E-state index contributed by atoms with van der Waals surface area (Å²) in [7, 11) is 1.63. The fraction of sp³-hybridized carbons (Fsp3) is 0.200. The van der Waals surface area contributed by atoms with Crippen molar-refractivity contribution in [2.24, 2.45) is 12.8 Å². The van der Waals surface area contributed by atoms with Crippen LogP contribution in [0.3, 0.4) is 0 Å². The van der Waals surface area contributed by atoms with Crippen LogP contribution in [0.5, 0.6) is 0 Å². The first-order valence-corrected chi connectivity index (χ1v) is 5.01. The van der Waals surface area contributed by atoms with E-state index in [1.54, 1.807) is 25.2 Å². The van der Waals surface area contributed by atoms with Crippen LogP contribution >= 0.6 is 11.6 Å². The van der Waals surface area contributed by atoms with Crippen LogP contribution < -0.4 is 11.4 Å². The Morgan fingerprint density at radius 2 is 2.12 bits per heavy atom. The Hall–Kier alpha value is -1.75. The smallest absolute Gasteiger partial charge is 0.329 e. The number of fused-ring (bicyclic) bond motifs is 1. The molecule has 0 bridgehead atoms. The fourth-order valence-electron chi connectivity index (χ4n) is 1.69. The number of aromatic nitrogens is 2. The van der Waals surface area contributed by atoms with Crippen LogP contribution in [0, 0.1) is 0 Å². The molecule has 84 valence electrons. The maximum Gasteiger partial charge on any atom is 0.329 e. The third kappa shape index (κ3) is 1.59. The summed E-state index contributed by atoms with van der Waals surface area (Å²) in [6.07, 6.45) is 0. The predicted octanol–water partition coefficient (Wildman–Crippen LogP) is 0.479. The van der Waals surface area contributed by atoms with Gasteiger partial charge >= 0.3 is 5.69 Å². The monoisotopic (exact) mass is 239 g/mol. The summed E-state index contributed by atoms with van der Waals surface area (Å²) in [5, 5.41) is 0.510. The molecular formula is C10H10ClN3O2. The maximum atomic E-state index is 11.8. The minimum atomic E-state index is -0.561. The minimum Gasteiger partial charge on any atom is -0.368 e. The van der Waals surface area contributed by atoms with Gasteiger partial charge in [0.05, 0.1) is 11.0 Å². The lowest BCUT2D eigenvalue weighted by molar-refractivity contribution is -0.118. The highest BCUT2D eigenvalue weighted by Gasteiger charge is 2.12. The number of hydrogen-bond donors (Lipinski definition) is 1. The Balaban J connectivity index is 2.80. The van der Waals surface area contributed by atoms with Gasteiger partial charge in [-0.2, -0.15) is 0 Å². The van der Waals surface area contributed by atoms with E-state index in [1.807, 2.05) is 0 Å². The van der Waals surface area contributed by atoms with Gasteiger partial charge in [0, 0.05) is 12.1 Å². The number of benzene rings is 1. The van der Waals surface area contributed by atoms with Crippen LogP contribution in [-0.2, 0) is 18.4 Å². The van der Waals surface area contributed by atoms with Gasteiger partial charge in [0.2, 0.25) is 5.91 Å². The number of amides is 1. The second kappa shape index (κ2) is 3.68. The molecule has 0 radical (unpaired) electrons. The van der Waals surface area contributed by atoms with E-state index in [4.69, 9.17) is 17.3 Å². The molecule has 5 nitrogen and oxygen atoms in total. The Morgan fingerprint density at radius 1 is 1.44 bits per heavy atom.